The van der Waals surface area contributed by atoms with E-state index in [9.17, 15) is 4.39 Å². The topological polar surface area (TPSA) is 47.7 Å². The Balaban J connectivity index is 0.00000220. The summed E-state index contributed by atoms with van der Waals surface area (Å²) >= 11 is 0. The first kappa shape index (κ1) is 17.7. The van der Waals surface area contributed by atoms with Gasteiger partial charge in [-0.1, -0.05) is 13.8 Å². The maximum Gasteiger partial charge on any atom is 0.215 e. The number of rotatable bonds is 6. The molecule has 0 spiro atoms. The van der Waals surface area contributed by atoms with E-state index in [4.69, 9.17) is 0 Å². The van der Waals surface area contributed by atoms with Gasteiger partial charge in [-0.2, -0.15) is 14.6 Å². The molecule has 0 aliphatic rings. The summed E-state index contributed by atoms with van der Waals surface area (Å²) in [5.41, 5.74) is 2.31. The summed E-state index contributed by atoms with van der Waals surface area (Å²) in [5.74, 6) is 0.295. The molecule has 0 unspecified atom stereocenters. The van der Waals surface area contributed by atoms with Crippen LogP contribution in [0.4, 0.5) is 4.39 Å². The van der Waals surface area contributed by atoms with Crippen LogP contribution in [0.3, 0.4) is 0 Å². The van der Waals surface area contributed by atoms with Gasteiger partial charge in [0.05, 0.1) is 11.4 Å². The van der Waals surface area contributed by atoms with Gasteiger partial charge >= 0.3 is 0 Å². The molecule has 0 saturated heterocycles. The summed E-state index contributed by atoms with van der Waals surface area (Å²) in [5, 5.41) is 11.7. The highest BCUT2D eigenvalue weighted by Gasteiger charge is 2.12. The highest BCUT2D eigenvalue weighted by atomic mass is 35.5. The van der Waals surface area contributed by atoms with Gasteiger partial charge in [0.15, 0.2) is 0 Å². The molecule has 0 amide bonds. The Hall–Kier alpha value is -1.40. The lowest BCUT2D eigenvalue weighted by Crippen LogP contribution is -2.15. The molecule has 0 fully saturated rings. The Bertz CT molecular complexity index is 576. The van der Waals surface area contributed by atoms with Crippen LogP contribution in [0.15, 0.2) is 12.3 Å². The fraction of sp³-hybridized carbons (Fsp3) is 0.571. The number of aryl methyl sites for hydroxylation is 2. The lowest BCUT2D eigenvalue weighted by Gasteiger charge is -2.04. The van der Waals surface area contributed by atoms with Crippen molar-refractivity contribution in [1.29, 1.82) is 0 Å². The molecule has 21 heavy (non-hydrogen) atoms. The lowest BCUT2D eigenvalue weighted by atomic mass is 10.2. The van der Waals surface area contributed by atoms with Gasteiger partial charge in [0.1, 0.15) is 0 Å². The van der Waals surface area contributed by atoms with Gasteiger partial charge in [-0.3, -0.25) is 4.68 Å². The zero-order valence-electron chi connectivity index (χ0n) is 12.9. The van der Waals surface area contributed by atoms with E-state index in [0.717, 1.165) is 17.9 Å². The van der Waals surface area contributed by atoms with E-state index in [1.165, 1.54) is 4.68 Å². The van der Waals surface area contributed by atoms with Crippen LogP contribution in [0.1, 0.15) is 30.8 Å². The average molecular weight is 316 g/mol. The van der Waals surface area contributed by atoms with Gasteiger partial charge in [0.2, 0.25) is 5.95 Å². The molecule has 0 radical (unpaired) electrons. The van der Waals surface area contributed by atoms with Gasteiger partial charge in [-0.05, 0) is 18.9 Å². The molecule has 0 aliphatic carbocycles. The van der Waals surface area contributed by atoms with Gasteiger partial charge in [-0.15, -0.1) is 12.4 Å². The van der Waals surface area contributed by atoms with Gasteiger partial charge in [0, 0.05) is 38.4 Å². The molecule has 2 aromatic heterocycles. The van der Waals surface area contributed by atoms with Crippen molar-refractivity contribution >= 4 is 12.4 Å². The molecule has 2 aromatic rings. The second-order valence-corrected chi connectivity index (χ2v) is 5.50. The molecule has 2 rings (SSSR count). The van der Waals surface area contributed by atoms with Gasteiger partial charge < -0.3 is 5.32 Å². The Morgan fingerprint density at radius 3 is 2.57 bits per heavy atom. The summed E-state index contributed by atoms with van der Waals surface area (Å²) in [6.45, 7) is 8.14. The standard InChI is InChI=1S/C14H22FN5.ClH/c1-10(2)9-20-6-5-12(18-20)7-16-8-13-11(3)17-19(4)14(13)15;/h5-6,10,16H,7-9H2,1-4H3;1H. The third kappa shape index (κ3) is 4.54. The fourth-order valence-electron chi connectivity index (χ4n) is 2.16. The van der Waals surface area contributed by atoms with Crippen LogP contribution in [0.5, 0.6) is 0 Å². The van der Waals surface area contributed by atoms with E-state index >= 15 is 0 Å². The summed E-state index contributed by atoms with van der Waals surface area (Å²) in [6, 6.07) is 1.99. The fourth-order valence-corrected chi connectivity index (χ4v) is 2.16. The van der Waals surface area contributed by atoms with Gasteiger partial charge in [-0.25, -0.2) is 4.68 Å². The van der Waals surface area contributed by atoms with Crippen LogP contribution >= 0.6 is 12.4 Å². The van der Waals surface area contributed by atoms with Gasteiger partial charge in [0.25, 0.3) is 0 Å². The average Bonchev–Trinajstić information content (AvgIpc) is 2.88. The maximum absolute atomic E-state index is 13.7. The second kappa shape index (κ2) is 7.56. The first-order chi connectivity index (χ1) is 9.47. The van der Waals surface area contributed by atoms with Crippen molar-refractivity contribution in [3.63, 3.8) is 0 Å². The minimum absolute atomic E-state index is 0. The van der Waals surface area contributed by atoms with Crippen molar-refractivity contribution in [2.24, 2.45) is 13.0 Å². The minimum Gasteiger partial charge on any atom is -0.307 e. The molecule has 0 saturated carbocycles. The number of hydrogen-bond donors (Lipinski definition) is 1. The molecule has 0 aromatic carbocycles. The molecule has 5 nitrogen and oxygen atoms in total. The summed E-state index contributed by atoms with van der Waals surface area (Å²) in [6.07, 6.45) is 1.98. The molecule has 0 aliphatic heterocycles. The highest BCUT2D eigenvalue weighted by molar-refractivity contribution is 5.85. The molecule has 1 N–H and O–H groups in total. The summed E-state index contributed by atoms with van der Waals surface area (Å²) < 4.78 is 16.9. The monoisotopic (exact) mass is 315 g/mol. The van der Waals surface area contributed by atoms with Crippen LogP contribution < -0.4 is 5.32 Å². The zero-order chi connectivity index (χ0) is 14.7. The molecule has 2 heterocycles. The van der Waals surface area contributed by atoms with Crippen molar-refractivity contribution < 1.29 is 4.39 Å². The van der Waals surface area contributed by atoms with Crippen molar-refractivity contribution in [3.8, 4) is 0 Å². The van der Waals surface area contributed by atoms with Crippen molar-refractivity contribution in [2.45, 2.75) is 40.4 Å². The third-order valence-corrected chi connectivity index (χ3v) is 3.13. The molecule has 0 atom stereocenters. The van der Waals surface area contributed by atoms with Crippen LogP contribution in [-0.4, -0.2) is 19.6 Å². The number of nitrogens with zero attached hydrogens (tertiary/aromatic N) is 4. The van der Waals surface area contributed by atoms with E-state index in [1.54, 1.807) is 7.05 Å². The Morgan fingerprint density at radius 1 is 1.29 bits per heavy atom. The number of nitrogens with one attached hydrogen (secondary N) is 1. The van der Waals surface area contributed by atoms with Crippen molar-refractivity contribution in [3.05, 3.63) is 35.2 Å². The number of hydrogen-bond acceptors (Lipinski definition) is 3. The molecule has 7 heteroatoms. The van der Waals surface area contributed by atoms with E-state index in [1.807, 2.05) is 23.9 Å². The third-order valence-electron chi connectivity index (χ3n) is 3.13. The molecular weight excluding hydrogens is 293 g/mol. The van der Waals surface area contributed by atoms with Crippen LogP contribution in [-0.2, 0) is 26.7 Å². The van der Waals surface area contributed by atoms with E-state index in [2.05, 4.69) is 29.4 Å². The lowest BCUT2D eigenvalue weighted by molar-refractivity contribution is 0.475. The normalized spacial score (nSPS) is 11.0. The largest absolute Gasteiger partial charge is 0.307 e. The van der Waals surface area contributed by atoms with E-state index in [-0.39, 0.29) is 18.4 Å². The smallest absolute Gasteiger partial charge is 0.215 e. The minimum atomic E-state index is -0.277. The maximum atomic E-state index is 13.7. The van der Waals surface area contributed by atoms with Crippen molar-refractivity contribution in [2.75, 3.05) is 0 Å². The van der Waals surface area contributed by atoms with E-state index < -0.39 is 0 Å². The van der Waals surface area contributed by atoms with Crippen LogP contribution in [0.2, 0.25) is 0 Å². The first-order valence-electron chi connectivity index (χ1n) is 6.88. The Morgan fingerprint density at radius 2 is 2.00 bits per heavy atom. The molecule has 0 bridgehead atoms. The second-order valence-electron chi connectivity index (χ2n) is 5.50. The van der Waals surface area contributed by atoms with E-state index in [0.29, 0.717) is 24.6 Å². The van der Waals surface area contributed by atoms with Crippen LogP contribution in [0.25, 0.3) is 0 Å². The summed E-state index contributed by atoms with van der Waals surface area (Å²) in [7, 11) is 1.61. The highest BCUT2D eigenvalue weighted by Crippen LogP contribution is 2.10. The predicted molar refractivity (Wildman–Crippen MR) is 82.8 cm³/mol. The first-order valence-corrected chi connectivity index (χ1v) is 6.88. The zero-order valence-corrected chi connectivity index (χ0v) is 13.7. The predicted octanol–water partition coefficient (Wildman–Crippen LogP) is 2.43. The molecule has 118 valence electrons. The quantitative estimate of drug-likeness (QED) is 0.890. The van der Waals surface area contributed by atoms with Crippen LogP contribution in [0, 0.1) is 18.8 Å². The SMILES string of the molecule is Cc1nn(C)c(F)c1CNCc1ccn(CC(C)C)n1.Cl. The summed E-state index contributed by atoms with van der Waals surface area (Å²) in [4.78, 5) is 0. The Kier molecular flexibility index (Phi) is 6.36. The Labute approximate surface area is 130 Å². The molecular formula is C14H23ClFN5. The van der Waals surface area contributed by atoms with Crippen molar-refractivity contribution in [1.82, 2.24) is 24.9 Å². The number of aromatic nitrogens is 4. The number of halogens is 2.